The molecule has 0 spiro atoms. The van der Waals surface area contributed by atoms with Crippen LogP contribution >= 0.6 is 22.9 Å². The summed E-state index contributed by atoms with van der Waals surface area (Å²) in [5.74, 6) is -0.758. The summed E-state index contributed by atoms with van der Waals surface area (Å²) < 4.78 is 13.4. The summed E-state index contributed by atoms with van der Waals surface area (Å²) in [4.78, 5) is 11.0. The predicted octanol–water partition coefficient (Wildman–Crippen LogP) is 2.45. The van der Waals surface area contributed by atoms with E-state index in [0.29, 0.717) is 22.1 Å². The Kier molecular flexibility index (Phi) is 4.22. The SMILES string of the molecule is O=C(CCl)Nc1nnc(Cc2ccccc2F)s1. The molecule has 0 atom stereocenters. The van der Waals surface area contributed by atoms with Crippen LogP contribution in [0.15, 0.2) is 24.3 Å². The lowest BCUT2D eigenvalue weighted by molar-refractivity contribution is -0.113. The van der Waals surface area contributed by atoms with E-state index in [2.05, 4.69) is 15.5 Å². The van der Waals surface area contributed by atoms with Gasteiger partial charge in [-0.3, -0.25) is 10.1 Å². The average molecular weight is 286 g/mol. The molecule has 0 aliphatic rings. The third-order valence-corrected chi connectivity index (χ3v) is 3.22. The van der Waals surface area contributed by atoms with Crippen LogP contribution in [0, 0.1) is 5.82 Å². The van der Waals surface area contributed by atoms with E-state index in [4.69, 9.17) is 11.6 Å². The standard InChI is InChI=1S/C11H9ClFN3OS/c12-6-9(17)14-11-16-15-10(18-11)5-7-3-1-2-4-8(7)13/h1-4H,5-6H2,(H,14,16,17). The number of halogens is 2. The number of rotatable bonds is 4. The van der Waals surface area contributed by atoms with E-state index in [1.165, 1.54) is 17.4 Å². The van der Waals surface area contributed by atoms with Crippen LogP contribution in [0.2, 0.25) is 0 Å². The maximum atomic E-state index is 13.4. The molecule has 0 aliphatic heterocycles. The highest BCUT2D eigenvalue weighted by atomic mass is 35.5. The summed E-state index contributed by atoms with van der Waals surface area (Å²) in [6, 6.07) is 6.47. The highest BCUT2D eigenvalue weighted by molar-refractivity contribution is 7.15. The van der Waals surface area contributed by atoms with Gasteiger partial charge in [0.25, 0.3) is 0 Å². The molecular formula is C11H9ClFN3OS. The number of anilines is 1. The Bertz CT molecular complexity index is 561. The molecule has 1 amide bonds. The molecule has 7 heteroatoms. The van der Waals surface area contributed by atoms with Gasteiger partial charge < -0.3 is 0 Å². The van der Waals surface area contributed by atoms with Gasteiger partial charge in [-0.15, -0.1) is 21.8 Å². The summed E-state index contributed by atoms with van der Waals surface area (Å²) >= 11 is 6.55. The van der Waals surface area contributed by atoms with Gasteiger partial charge in [-0.05, 0) is 11.6 Å². The Morgan fingerprint density at radius 2 is 2.17 bits per heavy atom. The minimum Gasteiger partial charge on any atom is -0.299 e. The second-order valence-corrected chi connectivity index (χ2v) is 4.78. The Morgan fingerprint density at radius 1 is 1.39 bits per heavy atom. The zero-order valence-corrected chi connectivity index (χ0v) is 10.8. The van der Waals surface area contributed by atoms with E-state index in [9.17, 15) is 9.18 Å². The highest BCUT2D eigenvalue weighted by Gasteiger charge is 2.09. The Hall–Kier alpha value is -1.53. The molecule has 18 heavy (non-hydrogen) atoms. The van der Waals surface area contributed by atoms with Crippen LogP contribution in [0.4, 0.5) is 9.52 Å². The van der Waals surface area contributed by atoms with Gasteiger partial charge in [-0.25, -0.2) is 4.39 Å². The predicted molar refractivity (Wildman–Crippen MR) is 68.5 cm³/mol. The molecule has 0 unspecified atom stereocenters. The third-order valence-electron chi connectivity index (χ3n) is 2.13. The summed E-state index contributed by atoms with van der Waals surface area (Å²) in [6.45, 7) is 0. The summed E-state index contributed by atoms with van der Waals surface area (Å²) in [5.41, 5.74) is 0.545. The molecule has 1 aromatic carbocycles. The van der Waals surface area contributed by atoms with Crippen LogP contribution in [-0.2, 0) is 11.2 Å². The molecule has 0 saturated carbocycles. The number of nitrogens with zero attached hydrogens (tertiary/aromatic N) is 2. The van der Waals surface area contributed by atoms with Crippen LogP contribution in [0.3, 0.4) is 0 Å². The third kappa shape index (κ3) is 3.24. The molecule has 4 nitrogen and oxygen atoms in total. The van der Waals surface area contributed by atoms with Crippen LogP contribution in [-0.4, -0.2) is 22.0 Å². The molecule has 0 bridgehead atoms. The van der Waals surface area contributed by atoms with Gasteiger partial charge in [0.15, 0.2) is 0 Å². The number of benzene rings is 1. The Balaban J connectivity index is 2.07. The van der Waals surface area contributed by atoms with Crippen molar-refractivity contribution in [2.75, 3.05) is 11.2 Å². The quantitative estimate of drug-likeness (QED) is 0.878. The van der Waals surface area contributed by atoms with Crippen molar-refractivity contribution in [1.82, 2.24) is 10.2 Å². The van der Waals surface area contributed by atoms with Gasteiger partial charge in [0.1, 0.15) is 16.7 Å². The normalized spacial score (nSPS) is 10.3. The fraction of sp³-hybridized carbons (Fsp3) is 0.182. The molecule has 1 aromatic heterocycles. The number of nitrogens with one attached hydrogen (secondary N) is 1. The first kappa shape index (κ1) is 12.9. The minimum absolute atomic E-state index is 0.137. The number of alkyl halides is 1. The first-order valence-corrected chi connectivity index (χ1v) is 6.45. The van der Waals surface area contributed by atoms with Crippen LogP contribution < -0.4 is 5.32 Å². The topological polar surface area (TPSA) is 54.9 Å². The van der Waals surface area contributed by atoms with Crippen molar-refractivity contribution in [1.29, 1.82) is 0 Å². The van der Waals surface area contributed by atoms with Gasteiger partial charge in [0.05, 0.1) is 0 Å². The van der Waals surface area contributed by atoms with Crippen LogP contribution in [0.1, 0.15) is 10.6 Å². The van der Waals surface area contributed by atoms with Gasteiger partial charge in [-0.1, -0.05) is 29.5 Å². The Labute approximate surface area is 112 Å². The van der Waals surface area contributed by atoms with Gasteiger partial charge >= 0.3 is 0 Å². The number of amides is 1. The first-order chi connectivity index (χ1) is 8.69. The van der Waals surface area contributed by atoms with Crippen LogP contribution in [0.25, 0.3) is 0 Å². The van der Waals surface area contributed by atoms with E-state index in [0.717, 1.165) is 0 Å². The van der Waals surface area contributed by atoms with Crippen molar-refractivity contribution in [3.63, 3.8) is 0 Å². The van der Waals surface area contributed by atoms with Crippen molar-refractivity contribution in [3.05, 3.63) is 40.7 Å². The lowest BCUT2D eigenvalue weighted by atomic mass is 10.1. The largest absolute Gasteiger partial charge is 0.299 e. The minimum atomic E-state index is -0.342. The zero-order chi connectivity index (χ0) is 13.0. The number of carbonyl (C=O) groups excluding carboxylic acids is 1. The van der Waals surface area contributed by atoms with Crippen molar-refractivity contribution in [2.24, 2.45) is 0 Å². The first-order valence-electron chi connectivity index (χ1n) is 5.10. The smallest absolute Gasteiger partial charge is 0.241 e. The summed E-state index contributed by atoms with van der Waals surface area (Å²) in [7, 11) is 0. The highest BCUT2D eigenvalue weighted by Crippen LogP contribution is 2.19. The number of hydrogen-bond donors (Lipinski definition) is 1. The second-order valence-electron chi connectivity index (χ2n) is 3.45. The molecular weight excluding hydrogens is 277 g/mol. The lowest BCUT2D eigenvalue weighted by Crippen LogP contribution is -2.12. The van der Waals surface area contributed by atoms with E-state index in [1.807, 2.05) is 0 Å². The lowest BCUT2D eigenvalue weighted by Gasteiger charge is -1.98. The van der Waals surface area contributed by atoms with Crippen molar-refractivity contribution in [3.8, 4) is 0 Å². The number of hydrogen-bond acceptors (Lipinski definition) is 4. The van der Waals surface area contributed by atoms with Gasteiger partial charge in [0, 0.05) is 6.42 Å². The zero-order valence-electron chi connectivity index (χ0n) is 9.19. The van der Waals surface area contributed by atoms with E-state index >= 15 is 0 Å². The second kappa shape index (κ2) is 5.88. The molecule has 0 saturated heterocycles. The molecule has 2 rings (SSSR count). The fourth-order valence-electron chi connectivity index (χ4n) is 1.33. The van der Waals surface area contributed by atoms with E-state index < -0.39 is 0 Å². The molecule has 94 valence electrons. The summed E-state index contributed by atoms with van der Waals surface area (Å²) in [5, 5.41) is 11.2. The summed E-state index contributed by atoms with van der Waals surface area (Å²) in [6.07, 6.45) is 0.348. The van der Waals surface area contributed by atoms with Gasteiger partial charge in [0.2, 0.25) is 11.0 Å². The molecule has 0 fully saturated rings. The molecule has 2 aromatic rings. The fourth-order valence-corrected chi connectivity index (χ4v) is 2.18. The molecule has 1 heterocycles. The number of aromatic nitrogens is 2. The van der Waals surface area contributed by atoms with Gasteiger partial charge in [-0.2, -0.15) is 0 Å². The van der Waals surface area contributed by atoms with Crippen molar-refractivity contribution >= 4 is 34.0 Å². The molecule has 1 N–H and O–H groups in total. The van der Waals surface area contributed by atoms with Crippen molar-refractivity contribution in [2.45, 2.75) is 6.42 Å². The maximum absolute atomic E-state index is 13.4. The maximum Gasteiger partial charge on any atom is 0.241 e. The van der Waals surface area contributed by atoms with Crippen molar-refractivity contribution < 1.29 is 9.18 Å². The number of carbonyl (C=O) groups is 1. The molecule has 0 aliphatic carbocycles. The Morgan fingerprint density at radius 3 is 2.89 bits per heavy atom. The molecule has 0 radical (unpaired) electrons. The van der Waals surface area contributed by atoms with E-state index in [-0.39, 0.29) is 17.6 Å². The van der Waals surface area contributed by atoms with E-state index in [1.54, 1.807) is 18.2 Å². The monoisotopic (exact) mass is 285 g/mol. The average Bonchev–Trinajstić information content (AvgIpc) is 2.79. The van der Waals surface area contributed by atoms with Crippen LogP contribution in [0.5, 0.6) is 0 Å².